The summed E-state index contributed by atoms with van der Waals surface area (Å²) >= 11 is 0. The molecule has 0 unspecified atom stereocenters. The Morgan fingerprint density at radius 2 is 1.58 bits per heavy atom. The van der Waals surface area contributed by atoms with E-state index in [4.69, 9.17) is 5.11 Å². The van der Waals surface area contributed by atoms with Crippen LogP contribution in [0, 0.1) is 0 Å². The van der Waals surface area contributed by atoms with Crippen LogP contribution in [0.5, 0.6) is 0 Å². The molecule has 0 aliphatic rings. The van der Waals surface area contributed by atoms with Crippen LogP contribution < -0.4 is 0 Å². The molecule has 0 aliphatic carbocycles. The van der Waals surface area contributed by atoms with E-state index in [9.17, 15) is 4.79 Å². The number of rotatable bonds is 4. The maximum atomic E-state index is 9.87. The summed E-state index contributed by atoms with van der Waals surface area (Å²) in [5.74, 6) is -0.682. The second-order valence-corrected chi connectivity index (χ2v) is 1.85. The minimum absolute atomic E-state index is 0.327. The van der Waals surface area contributed by atoms with Gasteiger partial charge in [0.05, 0.1) is 0 Å². The fourth-order valence-corrected chi connectivity index (χ4v) is 0.526. The third-order valence-corrected chi connectivity index (χ3v) is 0.994. The first-order valence-corrected chi connectivity index (χ1v) is 3.99. The summed E-state index contributed by atoms with van der Waals surface area (Å²) in [6.07, 6.45) is 3.28. The molecule has 0 fully saturated rings. The molecule has 0 aromatic heterocycles. The predicted molar refractivity (Wildman–Crippen MR) is 54.3 cm³/mol. The summed E-state index contributed by atoms with van der Waals surface area (Å²) in [6, 6.07) is 0. The van der Waals surface area contributed by atoms with Crippen LogP contribution in [0.3, 0.4) is 0 Å². The molecule has 1 N–H and O–H groups in total. The number of hydrogen-bond acceptors (Lipinski definition) is 1. The van der Waals surface area contributed by atoms with E-state index in [2.05, 4.69) is 33.2 Å². The van der Waals surface area contributed by atoms with Gasteiger partial charge in [-0.1, -0.05) is 19.8 Å². The first-order chi connectivity index (χ1) is 5.77. The standard InChI is InChI=1S/C6H12O2.2C2H4/c1-2-3-4-5-6(7)8;2*1-2/h2-5H2,1H3,(H,7,8);2*1-2H2. The lowest BCUT2D eigenvalue weighted by Crippen LogP contribution is -1.92. The van der Waals surface area contributed by atoms with Crippen LogP contribution in [0.25, 0.3) is 0 Å². The topological polar surface area (TPSA) is 37.3 Å². The Morgan fingerprint density at radius 1 is 1.17 bits per heavy atom. The maximum Gasteiger partial charge on any atom is 0.303 e. The van der Waals surface area contributed by atoms with E-state index in [-0.39, 0.29) is 0 Å². The molecule has 2 nitrogen and oxygen atoms in total. The van der Waals surface area contributed by atoms with Crippen molar-refractivity contribution in [2.75, 3.05) is 0 Å². The maximum absolute atomic E-state index is 9.87. The van der Waals surface area contributed by atoms with Gasteiger partial charge in [0.1, 0.15) is 0 Å². The number of carboxylic acids is 1. The minimum Gasteiger partial charge on any atom is -0.481 e. The Hall–Kier alpha value is -1.05. The zero-order valence-corrected chi connectivity index (χ0v) is 8.01. The van der Waals surface area contributed by atoms with E-state index in [0.29, 0.717) is 6.42 Å². The first kappa shape index (κ1) is 17.2. The summed E-state index contributed by atoms with van der Waals surface area (Å²) in [5, 5.41) is 8.14. The molecule has 0 rings (SSSR count). The lowest BCUT2D eigenvalue weighted by Gasteiger charge is -1.89. The smallest absolute Gasteiger partial charge is 0.303 e. The third-order valence-electron chi connectivity index (χ3n) is 0.994. The predicted octanol–water partition coefficient (Wildman–Crippen LogP) is 3.26. The van der Waals surface area contributed by atoms with E-state index >= 15 is 0 Å². The quantitative estimate of drug-likeness (QED) is 0.522. The minimum atomic E-state index is -0.682. The third kappa shape index (κ3) is 36.3. The van der Waals surface area contributed by atoms with Gasteiger partial charge < -0.3 is 5.11 Å². The molecule has 0 saturated carbocycles. The van der Waals surface area contributed by atoms with Gasteiger partial charge in [0, 0.05) is 6.42 Å². The lowest BCUT2D eigenvalue weighted by molar-refractivity contribution is -0.137. The molecular formula is C10H20O2. The van der Waals surface area contributed by atoms with Crippen molar-refractivity contribution in [3.05, 3.63) is 26.3 Å². The molecule has 0 bridgehead atoms. The highest BCUT2D eigenvalue weighted by Crippen LogP contribution is 1.97. The van der Waals surface area contributed by atoms with E-state index in [1.54, 1.807) is 0 Å². The molecule has 0 aliphatic heterocycles. The van der Waals surface area contributed by atoms with Crippen molar-refractivity contribution in [2.24, 2.45) is 0 Å². The second-order valence-electron chi connectivity index (χ2n) is 1.85. The van der Waals surface area contributed by atoms with Crippen molar-refractivity contribution in [3.8, 4) is 0 Å². The van der Waals surface area contributed by atoms with Gasteiger partial charge in [-0.05, 0) is 6.42 Å². The fourth-order valence-electron chi connectivity index (χ4n) is 0.526. The van der Waals surface area contributed by atoms with Gasteiger partial charge in [-0.15, -0.1) is 26.3 Å². The van der Waals surface area contributed by atoms with Crippen LogP contribution in [-0.2, 0) is 4.79 Å². The van der Waals surface area contributed by atoms with Gasteiger partial charge in [-0.2, -0.15) is 0 Å². The van der Waals surface area contributed by atoms with Crippen molar-refractivity contribution in [2.45, 2.75) is 32.6 Å². The molecule has 0 heterocycles. The number of carbonyl (C=O) groups is 1. The molecule has 2 heteroatoms. The van der Waals surface area contributed by atoms with E-state index in [1.165, 1.54) is 0 Å². The largest absolute Gasteiger partial charge is 0.481 e. The normalized spacial score (nSPS) is 6.75. The highest BCUT2D eigenvalue weighted by molar-refractivity contribution is 5.66. The van der Waals surface area contributed by atoms with Gasteiger partial charge in [0.2, 0.25) is 0 Å². The van der Waals surface area contributed by atoms with Gasteiger partial charge in [-0.25, -0.2) is 0 Å². The average Bonchev–Trinajstić information content (AvgIpc) is 2.12. The molecule has 0 radical (unpaired) electrons. The molecule has 0 aromatic rings. The summed E-state index contributed by atoms with van der Waals surface area (Å²) in [7, 11) is 0. The molecule has 0 atom stereocenters. The van der Waals surface area contributed by atoms with Gasteiger partial charge in [0.15, 0.2) is 0 Å². The van der Waals surface area contributed by atoms with Crippen LogP contribution >= 0.6 is 0 Å². The highest BCUT2D eigenvalue weighted by Gasteiger charge is 1.92. The van der Waals surface area contributed by atoms with Gasteiger partial charge >= 0.3 is 5.97 Å². The van der Waals surface area contributed by atoms with E-state index in [1.807, 2.05) is 0 Å². The van der Waals surface area contributed by atoms with Crippen LogP contribution in [-0.4, -0.2) is 11.1 Å². The summed E-state index contributed by atoms with van der Waals surface area (Å²) < 4.78 is 0. The van der Waals surface area contributed by atoms with Crippen LogP contribution in [0.1, 0.15) is 32.6 Å². The first-order valence-electron chi connectivity index (χ1n) is 3.99. The Labute approximate surface area is 75.6 Å². The van der Waals surface area contributed by atoms with Gasteiger partial charge in [-0.3, -0.25) is 4.79 Å². The Kier molecular flexibility index (Phi) is 32.2. The SMILES string of the molecule is C=C.C=C.CCCCCC(=O)O. The Morgan fingerprint density at radius 3 is 1.83 bits per heavy atom. The zero-order valence-electron chi connectivity index (χ0n) is 8.01. The molecule has 12 heavy (non-hydrogen) atoms. The van der Waals surface area contributed by atoms with Gasteiger partial charge in [0.25, 0.3) is 0 Å². The summed E-state index contributed by atoms with van der Waals surface area (Å²) in [6.45, 7) is 14.1. The lowest BCUT2D eigenvalue weighted by atomic mass is 10.2. The molecule has 72 valence electrons. The fraction of sp³-hybridized carbons (Fsp3) is 0.500. The molecule has 0 amide bonds. The molecule has 0 spiro atoms. The van der Waals surface area contributed by atoms with E-state index < -0.39 is 5.97 Å². The Bertz CT molecular complexity index is 87.8. The number of carboxylic acid groups (broad SMARTS) is 1. The van der Waals surface area contributed by atoms with Crippen molar-refractivity contribution in [3.63, 3.8) is 0 Å². The molecule has 0 aromatic carbocycles. The monoisotopic (exact) mass is 172 g/mol. The van der Waals surface area contributed by atoms with Crippen LogP contribution in [0.2, 0.25) is 0 Å². The second kappa shape index (κ2) is 22.5. The molecular weight excluding hydrogens is 152 g/mol. The van der Waals surface area contributed by atoms with Crippen LogP contribution in [0.4, 0.5) is 0 Å². The number of aliphatic carboxylic acids is 1. The summed E-state index contributed by atoms with van der Waals surface area (Å²) in [5.41, 5.74) is 0. The average molecular weight is 172 g/mol. The number of unbranched alkanes of at least 4 members (excludes halogenated alkanes) is 2. The Balaban J connectivity index is -0.000000175. The van der Waals surface area contributed by atoms with Crippen molar-refractivity contribution < 1.29 is 9.90 Å². The van der Waals surface area contributed by atoms with Crippen molar-refractivity contribution in [1.29, 1.82) is 0 Å². The van der Waals surface area contributed by atoms with Crippen LogP contribution in [0.15, 0.2) is 26.3 Å². The molecule has 0 saturated heterocycles. The van der Waals surface area contributed by atoms with Crippen molar-refractivity contribution >= 4 is 5.97 Å². The van der Waals surface area contributed by atoms with E-state index in [0.717, 1.165) is 19.3 Å². The summed E-state index contributed by atoms with van der Waals surface area (Å²) in [4.78, 5) is 9.87. The van der Waals surface area contributed by atoms with Crippen molar-refractivity contribution in [1.82, 2.24) is 0 Å². The number of hydrogen-bond donors (Lipinski definition) is 1. The zero-order chi connectivity index (χ0) is 10.4. The highest BCUT2D eigenvalue weighted by atomic mass is 16.4.